The maximum Gasteiger partial charge on any atom is 0.171 e. The number of pyridine rings is 1. The monoisotopic (exact) mass is 367 g/mol. The van der Waals surface area contributed by atoms with Gasteiger partial charge in [-0.2, -0.15) is 0 Å². The third-order valence-corrected chi connectivity index (χ3v) is 4.94. The summed E-state index contributed by atoms with van der Waals surface area (Å²) in [7, 11) is 1.65. The van der Waals surface area contributed by atoms with Gasteiger partial charge >= 0.3 is 0 Å². The van der Waals surface area contributed by atoms with Gasteiger partial charge in [-0.25, -0.2) is 4.98 Å². The molecule has 0 unspecified atom stereocenters. The minimum atomic E-state index is 0.681. The van der Waals surface area contributed by atoms with Crippen molar-refractivity contribution in [1.82, 2.24) is 15.0 Å². The molecule has 4 nitrogen and oxygen atoms in total. The van der Waals surface area contributed by atoms with Gasteiger partial charge in [0, 0.05) is 27.7 Å². The summed E-state index contributed by atoms with van der Waals surface area (Å²) >= 11 is 7.74. The minimum Gasteiger partial charge on any atom is -0.497 e. The Morgan fingerprint density at radius 2 is 2.00 bits per heavy atom. The molecule has 25 heavy (non-hydrogen) atoms. The van der Waals surface area contributed by atoms with Crippen LogP contribution in [0, 0.1) is 0 Å². The predicted molar refractivity (Wildman–Crippen MR) is 101 cm³/mol. The first-order valence-corrected chi connectivity index (χ1v) is 8.85. The van der Waals surface area contributed by atoms with E-state index in [4.69, 9.17) is 16.3 Å². The van der Waals surface area contributed by atoms with Gasteiger partial charge in [0.15, 0.2) is 5.16 Å². The maximum atomic E-state index is 6.21. The molecule has 0 aliphatic rings. The van der Waals surface area contributed by atoms with Crippen molar-refractivity contribution < 1.29 is 4.74 Å². The second-order valence-electron chi connectivity index (χ2n) is 5.38. The molecule has 1 N–H and O–H groups in total. The van der Waals surface area contributed by atoms with Crippen LogP contribution in [0.15, 0.2) is 70.8 Å². The Morgan fingerprint density at radius 1 is 1.08 bits per heavy atom. The Kier molecular flexibility index (Phi) is 4.34. The number of benzene rings is 2. The van der Waals surface area contributed by atoms with E-state index in [0.717, 1.165) is 38.1 Å². The number of halogens is 1. The molecule has 2 aromatic heterocycles. The summed E-state index contributed by atoms with van der Waals surface area (Å²) in [4.78, 5) is 13.4. The van der Waals surface area contributed by atoms with Crippen molar-refractivity contribution in [2.24, 2.45) is 0 Å². The number of H-pyrrole nitrogens is 1. The largest absolute Gasteiger partial charge is 0.497 e. The summed E-state index contributed by atoms with van der Waals surface area (Å²) in [5.74, 6) is 0.796. The van der Waals surface area contributed by atoms with Gasteiger partial charge in [-0.3, -0.25) is 4.98 Å². The van der Waals surface area contributed by atoms with Crippen molar-refractivity contribution in [3.8, 4) is 17.0 Å². The Balaban J connectivity index is 1.74. The van der Waals surface area contributed by atoms with E-state index in [2.05, 4.69) is 15.0 Å². The zero-order valence-corrected chi connectivity index (χ0v) is 14.9. The molecule has 0 bridgehead atoms. The Morgan fingerprint density at radius 3 is 2.80 bits per heavy atom. The number of nitrogens with zero attached hydrogens (tertiary/aromatic N) is 2. The minimum absolute atomic E-state index is 0.681. The van der Waals surface area contributed by atoms with Gasteiger partial charge in [0.25, 0.3) is 0 Å². The van der Waals surface area contributed by atoms with Crippen LogP contribution in [0.3, 0.4) is 0 Å². The van der Waals surface area contributed by atoms with Gasteiger partial charge < -0.3 is 9.72 Å². The van der Waals surface area contributed by atoms with Crippen LogP contribution in [-0.4, -0.2) is 22.1 Å². The topological polar surface area (TPSA) is 50.8 Å². The lowest BCUT2D eigenvalue weighted by Crippen LogP contribution is -1.86. The first-order valence-electron chi connectivity index (χ1n) is 7.65. The van der Waals surface area contributed by atoms with Gasteiger partial charge in [-0.05, 0) is 36.4 Å². The van der Waals surface area contributed by atoms with Crippen molar-refractivity contribution in [3.05, 3.63) is 65.8 Å². The number of ether oxygens (including phenoxy) is 1. The fourth-order valence-corrected chi connectivity index (χ4v) is 3.78. The first kappa shape index (κ1) is 16.0. The molecular weight excluding hydrogens is 354 g/mol. The quantitative estimate of drug-likeness (QED) is 0.522. The standard InChI is InChI=1S/C19H14ClN3OS/c1-24-13-6-8-16-17(11-13)23-19(22-16)25-18-10-12(20)5-7-14(18)15-4-2-3-9-21-15/h2-11H,1H3,(H,22,23). The van der Waals surface area contributed by atoms with Crippen LogP contribution in [0.5, 0.6) is 5.75 Å². The van der Waals surface area contributed by atoms with E-state index >= 15 is 0 Å². The second-order valence-corrected chi connectivity index (χ2v) is 6.85. The molecule has 0 radical (unpaired) electrons. The van der Waals surface area contributed by atoms with E-state index in [1.807, 2.05) is 54.6 Å². The second kappa shape index (κ2) is 6.78. The van der Waals surface area contributed by atoms with Crippen LogP contribution in [0.25, 0.3) is 22.3 Å². The lowest BCUT2D eigenvalue weighted by atomic mass is 10.1. The van der Waals surface area contributed by atoms with Gasteiger partial charge in [0.2, 0.25) is 0 Å². The molecule has 2 aromatic carbocycles. The van der Waals surface area contributed by atoms with E-state index in [1.54, 1.807) is 13.3 Å². The molecule has 124 valence electrons. The molecule has 0 saturated heterocycles. The van der Waals surface area contributed by atoms with Crippen LogP contribution in [0.2, 0.25) is 5.02 Å². The average molecular weight is 368 g/mol. The number of aromatic amines is 1. The van der Waals surface area contributed by atoms with Crippen molar-refractivity contribution in [3.63, 3.8) is 0 Å². The van der Waals surface area contributed by atoms with E-state index in [0.29, 0.717) is 5.02 Å². The number of imidazole rings is 1. The summed E-state index contributed by atoms with van der Waals surface area (Å²) < 4.78 is 5.26. The predicted octanol–water partition coefficient (Wildman–Crippen LogP) is 5.44. The van der Waals surface area contributed by atoms with Gasteiger partial charge in [0.1, 0.15) is 5.75 Å². The molecule has 6 heteroatoms. The molecule has 0 aliphatic carbocycles. The summed E-state index contributed by atoms with van der Waals surface area (Å²) in [6.07, 6.45) is 1.78. The Labute approximate surface area is 154 Å². The smallest absolute Gasteiger partial charge is 0.171 e. The molecule has 4 rings (SSSR count). The van der Waals surface area contributed by atoms with Crippen molar-refractivity contribution in [2.45, 2.75) is 10.1 Å². The molecular formula is C19H14ClN3OS. The summed E-state index contributed by atoms with van der Waals surface area (Å²) in [5, 5.41) is 1.47. The fourth-order valence-electron chi connectivity index (χ4n) is 2.56. The zero-order chi connectivity index (χ0) is 17.2. The summed E-state index contributed by atoms with van der Waals surface area (Å²) in [5.41, 5.74) is 3.75. The normalized spacial score (nSPS) is 11.0. The molecule has 0 spiro atoms. The average Bonchev–Trinajstić information content (AvgIpc) is 3.04. The van der Waals surface area contributed by atoms with E-state index in [-0.39, 0.29) is 0 Å². The summed E-state index contributed by atoms with van der Waals surface area (Å²) in [6, 6.07) is 17.4. The van der Waals surface area contributed by atoms with Crippen LogP contribution in [-0.2, 0) is 0 Å². The van der Waals surface area contributed by atoms with Crippen molar-refractivity contribution in [1.29, 1.82) is 0 Å². The van der Waals surface area contributed by atoms with E-state index in [1.165, 1.54) is 11.8 Å². The number of methoxy groups -OCH3 is 1. The number of fused-ring (bicyclic) bond motifs is 1. The third-order valence-electron chi connectivity index (χ3n) is 3.76. The Bertz CT molecular complexity index is 1030. The molecule has 0 amide bonds. The summed E-state index contributed by atoms with van der Waals surface area (Å²) in [6.45, 7) is 0. The van der Waals surface area contributed by atoms with E-state index < -0.39 is 0 Å². The lowest BCUT2D eigenvalue weighted by Gasteiger charge is -2.08. The van der Waals surface area contributed by atoms with Gasteiger partial charge in [0.05, 0.1) is 23.8 Å². The third kappa shape index (κ3) is 3.34. The van der Waals surface area contributed by atoms with Crippen molar-refractivity contribution in [2.75, 3.05) is 7.11 Å². The number of nitrogens with one attached hydrogen (secondary N) is 1. The number of hydrogen-bond acceptors (Lipinski definition) is 4. The number of rotatable bonds is 4. The van der Waals surface area contributed by atoms with Crippen LogP contribution in [0.4, 0.5) is 0 Å². The van der Waals surface area contributed by atoms with Crippen molar-refractivity contribution >= 4 is 34.4 Å². The molecule has 0 atom stereocenters. The van der Waals surface area contributed by atoms with Gasteiger partial charge in [-0.15, -0.1) is 0 Å². The van der Waals surface area contributed by atoms with E-state index in [9.17, 15) is 0 Å². The highest BCUT2D eigenvalue weighted by atomic mass is 35.5. The highest BCUT2D eigenvalue weighted by Crippen LogP contribution is 2.36. The SMILES string of the molecule is COc1ccc2nc(Sc3cc(Cl)ccc3-c3ccccn3)[nH]c2c1. The maximum absolute atomic E-state index is 6.21. The highest BCUT2D eigenvalue weighted by Gasteiger charge is 2.12. The van der Waals surface area contributed by atoms with Crippen LogP contribution in [0.1, 0.15) is 0 Å². The molecule has 0 fully saturated rings. The molecule has 0 aliphatic heterocycles. The Hall–Kier alpha value is -2.50. The highest BCUT2D eigenvalue weighted by molar-refractivity contribution is 7.99. The number of hydrogen-bond donors (Lipinski definition) is 1. The fraction of sp³-hybridized carbons (Fsp3) is 0.0526. The first-order chi connectivity index (χ1) is 12.2. The lowest BCUT2D eigenvalue weighted by molar-refractivity contribution is 0.415. The van der Waals surface area contributed by atoms with Gasteiger partial charge in [-0.1, -0.05) is 35.5 Å². The van der Waals surface area contributed by atoms with Crippen LogP contribution < -0.4 is 4.74 Å². The zero-order valence-electron chi connectivity index (χ0n) is 13.4. The van der Waals surface area contributed by atoms with Crippen LogP contribution >= 0.6 is 23.4 Å². The molecule has 2 heterocycles. The number of aromatic nitrogens is 3. The molecule has 0 saturated carbocycles. The molecule has 4 aromatic rings.